The van der Waals surface area contributed by atoms with Crippen LogP contribution in [0, 0.1) is 5.95 Å². The molecule has 0 spiro atoms. The van der Waals surface area contributed by atoms with Gasteiger partial charge in [0.1, 0.15) is 5.82 Å². The Hall–Kier alpha value is -2.08. The molecule has 2 aromatic rings. The number of fused-ring (bicyclic) bond motifs is 1. The van der Waals surface area contributed by atoms with Gasteiger partial charge in [0.05, 0.1) is 11.3 Å². The molecule has 0 unspecified atom stereocenters. The molecule has 1 N–H and O–H groups in total. The van der Waals surface area contributed by atoms with Gasteiger partial charge in [0.25, 0.3) is 5.56 Å². The lowest BCUT2D eigenvalue weighted by atomic mass is 9.88. The molecule has 2 aromatic heterocycles. The third-order valence-corrected chi connectivity index (χ3v) is 5.35. The summed E-state index contributed by atoms with van der Waals surface area (Å²) in [5.74, 6) is 0.832. The normalized spacial score (nSPS) is 18.9. The number of aromatic nitrogens is 3. The van der Waals surface area contributed by atoms with Crippen molar-refractivity contribution < 1.29 is 4.39 Å². The molecule has 4 rings (SSSR count). The first kappa shape index (κ1) is 16.4. The van der Waals surface area contributed by atoms with Gasteiger partial charge in [-0.1, -0.05) is 25.3 Å². The zero-order valence-electron chi connectivity index (χ0n) is 14.3. The van der Waals surface area contributed by atoms with Crippen molar-refractivity contribution in [2.45, 2.75) is 57.5 Å². The van der Waals surface area contributed by atoms with E-state index in [-0.39, 0.29) is 5.56 Å². The number of hydrogen-bond acceptors (Lipinski definition) is 4. The minimum atomic E-state index is -0.469. The highest BCUT2D eigenvalue weighted by molar-refractivity contribution is 5.22. The van der Waals surface area contributed by atoms with Gasteiger partial charge in [0.15, 0.2) is 0 Å². The van der Waals surface area contributed by atoms with Crippen LogP contribution >= 0.6 is 0 Å². The van der Waals surface area contributed by atoms with Crippen molar-refractivity contribution in [2.24, 2.45) is 0 Å². The minimum Gasteiger partial charge on any atom is -0.310 e. The van der Waals surface area contributed by atoms with E-state index in [1.165, 1.54) is 25.3 Å². The first-order chi connectivity index (χ1) is 12.2. The molecule has 0 saturated heterocycles. The van der Waals surface area contributed by atoms with Crippen molar-refractivity contribution in [1.82, 2.24) is 19.9 Å². The molecule has 0 radical (unpaired) electrons. The van der Waals surface area contributed by atoms with Crippen LogP contribution in [0.4, 0.5) is 4.39 Å². The maximum Gasteiger partial charge on any atom is 0.255 e. The molecule has 1 saturated carbocycles. The van der Waals surface area contributed by atoms with Crippen molar-refractivity contribution in [1.29, 1.82) is 0 Å². The van der Waals surface area contributed by atoms with Crippen molar-refractivity contribution in [3.05, 3.63) is 57.3 Å². The maximum absolute atomic E-state index is 12.9. The Morgan fingerprint density at radius 3 is 2.84 bits per heavy atom. The van der Waals surface area contributed by atoms with Gasteiger partial charge >= 0.3 is 0 Å². The fourth-order valence-corrected chi connectivity index (χ4v) is 3.96. The van der Waals surface area contributed by atoms with Crippen LogP contribution in [0.3, 0.4) is 0 Å². The molecule has 132 valence electrons. The Morgan fingerprint density at radius 2 is 2.08 bits per heavy atom. The predicted octanol–water partition coefficient (Wildman–Crippen LogP) is 2.91. The first-order valence-corrected chi connectivity index (χ1v) is 9.14. The van der Waals surface area contributed by atoms with Crippen molar-refractivity contribution in [3.8, 4) is 0 Å². The molecule has 0 bridgehead atoms. The zero-order valence-corrected chi connectivity index (χ0v) is 14.3. The van der Waals surface area contributed by atoms with E-state index >= 15 is 0 Å². The Balaban J connectivity index is 1.51. The second kappa shape index (κ2) is 7.04. The number of hydrogen-bond donors (Lipinski definition) is 1. The molecule has 3 heterocycles. The van der Waals surface area contributed by atoms with E-state index in [2.05, 4.69) is 14.9 Å². The van der Waals surface area contributed by atoms with E-state index < -0.39 is 5.95 Å². The summed E-state index contributed by atoms with van der Waals surface area (Å²) in [5, 5.41) is 0. The van der Waals surface area contributed by atoms with Gasteiger partial charge in [-0.2, -0.15) is 4.39 Å². The van der Waals surface area contributed by atoms with Gasteiger partial charge in [0.2, 0.25) is 5.95 Å². The number of rotatable bonds is 3. The lowest BCUT2D eigenvalue weighted by Crippen LogP contribution is -2.36. The number of halogens is 1. The van der Waals surface area contributed by atoms with Gasteiger partial charge in [0, 0.05) is 38.2 Å². The topological polar surface area (TPSA) is 61.9 Å². The van der Waals surface area contributed by atoms with Gasteiger partial charge in [-0.15, -0.1) is 0 Å². The van der Waals surface area contributed by atoms with Gasteiger partial charge in [-0.3, -0.25) is 9.69 Å². The van der Waals surface area contributed by atoms with Gasteiger partial charge < -0.3 is 4.98 Å². The third kappa shape index (κ3) is 3.63. The van der Waals surface area contributed by atoms with Crippen LogP contribution in [-0.2, 0) is 19.5 Å². The summed E-state index contributed by atoms with van der Waals surface area (Å²) in [7, 11) is 0. The van der Waals surface area contributed by atoms with E-state index in [0.29, 0.717) is 19.0 Å². The molecule has 6 heteroatoms. The molecule has 5 nitrogen and oxygen atoms in total. The average molecular weight is 342 g/mol. The van der Waals surface area contributed by atoms with E-state index in [4.69, 9.17) is 4.98 Å². The maximum atomic E-state index is 12.9. The molecule has 0 aromatic carbocycles. The van der Waals surface area contributed by atoms with Gasteiger partial charge in [-0.05, 0) is 24.5 Å². The molecule has 0 atom stereocenters. The van der Waals surface area contributed by atoms with E-state index in [1.54, 1.807) is 12.3 Å². The summed E-state index contributed by atoms with van der Waals surface area (Å²) in [6.45, 7) is 2.10. The highest BCUT2D eigenvalue weighted by Gasteiger charge is 2.24. The fraction of sp³-hybridized carbons (Fsp3) is 0.526. The van der Waals surface area contributed by atoms with Crippen LogP contribution in [0.5, 0.6) is 0 Å². The van der Waals surface area contributed by atoms with Crippen LogP contribution in [0.15, 0.2) is 23.1 Å². The lowest BCUT2D eigenvalue weighted by molar-refractivity contribution is 0.240. The van der Waals surface area contributed by atoms with Crippen LogP contribution in [0.2, 0.25) is 0 Å². The SMILES string of the molecule is O=c1[nH]c(C2CCCCC2)nc2c1CN(Cc1ccc(F)nc1)CC2. The fourth-order valence-electron chi connectivity index (χ4n) is 3.96. The average Bonchev–Trinajstić information content (AvgIpc) is 2.65. The quantitative estimate of drug-likeness (QED) is 0.871. The van der Waals surface area contributed by atoms with Crippen LogP contribution in [0.1, 0.15) is 60.7 Å². The second-order valence-electron chi connectivity index (χ2n) is 7.16. The van der Waals surface area contributed by atoms with Crippen molar-refractivity contribution in [3.63, 3.8) is 0 Å². The predicted molar refractivity (Wildman–Crippen MR) is 92.7 cm³/mol. The molecule has 1 fully saturated rings. The van der Waals surface area contributed by atoms with Crippen LogP contribution in [-0.4, -0.2) is 26.4 Å². The first-order valence-electron chi connectivity index (χ1n) is 9.14. The monoisotopic (exact) mass is 342 g/mol. The van der Waals surface area contributed by atoms with Gasteiger partial charge in [-0.25, -0.2) is 9.97 Å². The second-order valence-corrected chi connectivity index (χ2v) is 7.16. The Bertz CT molecular complexity index is 796. The lowest BCUT2D eigenvalue weighted by Gasteiger charge is -2.28. The highest BCUT2D eigenvalue weighted by Crippen LogP contribution is 2.30. The van der Waals surface area contributed by atoms with Crippen molar-refractivity contribution >= 4 is 0 Å². The molecule has 25 heavy (non-hydrogen) atoms. The molecule has 0 amide bonds. The van der Waals surface area contributed by atoms with Crippen LogP contribution < -0.4 is 5.56 Å². The van der Waals surface area contributed by atoms with E-state index in [1.807, 2.05) is 0 Å². The Labute approximate surface area is 146 Å². The molecular weight excluding hydrogens is 319 g/mol. The number of nitrogens with one attached hydrogen (secondary N) is 1. The molecular formula is C19H23FN4O. The smallest absolute Gasteiger partial charge is 0.255 e. The molecule has 1 aliphatic carbocycles. The zero-order chi connectivity index (χ0) is 17.2. The number of nitrogens with zero attached hydrogens (tertiary/aromatic N) is 3. The third-order valence-electron chi connectivity index (χ3n) is 5.35. The summed E-state index contributed by atoms with van der Waals surface area (Å²) < 4.78 is 12.9. The Kier molecular flexibility index (Phi) is 4.61. The summed E-state index contributed by atoms with van der Waals surface area (Å²) in [6.07, 6.45) is 8.35. The minimum absolute atomic E-state index is 0.00695. The summed E-state index contributed by atoms with van der Waals surface area (Å²) in [5.41, 5.74) is 2.69. The number of pyridine rings is 1. The largest absolute Gasteiger partial charge is 0.310 e. The summed E-state index contributed by atoms with van der Waals surface area (Å²) >= 11 is 0. The van der Waals surface area contributed by atoms with Crippen molar-refractivity contribution in [2.75, 3.05) is 6.54 Å². The Morgan fingerprint density at radius 1 is 1.24 bits per heavy atom. The standard InChI is InChI=1S/C19H23FN4O/c20-17-7-6-13(10-21-17)11-24-9-8-16-15(12-24)19(25)23-18(22-16)14-4-2-1-3-5-14/h6-7,10,14H,1-5,8-9,11-12H2,(H,22,23,25). The highest BCUT2D eigenvalue weighted by atomic mass is 19.1. The van der Waals surface area contributed by atoms with E-state index in [0.717, 1.165) is 48.5 Å². The van der Waals surface area contributed by atoms with Crippen LogP contribution in [0.25, 0.3) is 0 Å². The summed E-state index contributed by atoms with van der Waals surface area (Å²) in [6, 6.07) is 3.12. The molecule has 2 aliphatic rings. The summed E-state index contributed by atoms with van der Waals surface area (Å²) in [4.78, 5) is 26.3. The van der Waals surface area contributed by atoms with E-state index in [9.17, 15) is 9.18 Å². The molecule has 1 aliphatic heterocycles. The number of H-pyrrole nitrogens is 1. The number of aromatic amines is 1.